The van der Waals surface area contributed by atoms with Crippen LogP contribution in [-0.2, 0) is 5.41 Å². The summed E-state index contributed by atoms with van der Waals surface area (Å²) < 4.78 is 14.2. The van der Waals surface area contributed by atoms with Gasteiger partial charge in [-0.05, 0) is 40.5 Å². The number of halogens is 1. The highest BCUT2D eigenvalue weighted by atomic mass is 19.1. The first-order valence-electron chi connectivity index (χ1n) is 7.84. The fourth-order valence-electron chi connectivity index (χ4n) is 3.87. The summed E-state index contributed by atoms with van der Waals surface area (Å²) in [5.74, 6) is -0.462. The molecule has 24 heavy (non-hydrogen) atoms. The third kappa shape index (κ3) is 1.83. The third-order valence-corrected chi connectivity index (χ3v) is 4.81. The zero-order chi connectivity index (χ0) is 16.9. The Morgan fingerprint density at radius 2 is 1.67 bits per heavy atom. The van der Waals surface area contributed by atoms with E-state index >= 15 is 0 Å². The minimum atomic E-state index is -0.466. The molecule has 3 heteroatoms. The number of nitrogens with zero attached hydrogens (tertiary/aromatic N) is 2. The Bertz CT molecular complexity index is 998. The van der Waals surface area contributed by atoms with Gasteiger partial charge < -0.3 is 0 Å². The molecule has 0 aliphatic heterocycles. The van der Waals surface area contributed by atoms with Crippen LogP contribution in [0.2, 0.25) is 0 Å². The Hall–Kier alpha value is -2.99. The second-order valence-corrected chi connectivity index (χ2v) is 6.52. The van der Waals surface area contributed by atoms with E-state index in [9.17, 15) is 9.65 Å². The zero-order valence-electron chi connectivity index (χ0n) is 13.5. The maximum atomic E-state index is 14.2. The smallest absolute Gasteiger partial charge is 0.141 e. The predicted octanol–water partition coefficient (Wildman–Crippen LogP) is 5.07. The summed E-state index contributed by atoms with van der Waals surface area (Å²) in [5, 5.41) is 9.48. The number of benzene rings is 2. The molecule has 1 heterocycles. The second-order valence-electron chi connectivity index (χ2n) is 6.52. The molecule has 3 aromatic rings. The lowest BCUT2D eigenvalue weighted by Crippen LogP contribution is -2.18. The van der Waals surface area contributed by atoms with Crippen LogP contribution in [-0.4, -0.2) is 4.98 Å². The number of nitriles is 1. The molecule has 0 saturated heterocycles. The first-order valence-corrected chi connectivity index (χ1v) is 7.84. The van der Waals surface area contributed by atoms with Crippen molar-refractivity contribution < 1.29 is 4.39 Å². The molecule has 0 atom stereocenters. The lowest BCUT2D eigenvalue weighted by Gasteiger charge is -2.25. The van der Waals surface area contributed by atoms with Gasteiger partial charge in [0.05, 0.1) is 11.3 Å². The quantitative estimate of drug-likeness (QED) is 0.629. The van der Waals surface area contributed by atoms with Crippen molar-refractivity contribution in [2.45, 2.75) is 19.3 Å². The molecule has 116 valence electrons. The lowest BCUT2D eigenvalue weighted by atomic mass is 9.78. The maximum Gasteiger partial charge on any atom is 0.141 e. The number of pyridine rings is 1. The van der Waals surface area contributed by atoms with Crippen LogP contribution in [0.1, 0.15) is 30.5 Å². The van der Waals surface area contributed by atoms with Gasteiger partial charge in [-0.1, -0.05) is 44.2 Å². The monoisotopic (exact) mass is 314 g/mol. The van der Waals surface area contributed by atoms with E-state index in [1.807, 2.05) is 50.2 Å². The first-order chi connectivity index (χ1) is 11.6. The molecule has 0 bridgehead atoms. The van der Waals surface area contributed by atoms with Gasteiger partial charge in [-0.2, -0.15) is 5.26 Å². The van der Waals surface area contributed by atoms with Crippen molar-refractivity contribution in [1.82, 2.24) is 4.98 Å². The van der Waals surface area contributed by atoms with E-state index in [4.69, 9.17) is 0 Å². The van der Waals surface area contributed by atoms with E-state index in [0.717, 1.165) is 33.5 Å². The third-order valence-electron chi connectivity index (χ3n) is 4.81. The highest BCUT2D eigenvalue weighted by Crippen LogP contribution is 2.53. The fourth-order valence-corrected chi connectivity index (χ4v) is 3.87. The van der Waals surface area contributed by atoms with Crippen molar-refractivity contribution in [3.63, 3.8) is 0 Å². The standard InChI is InChI=1S/C21H15FN2/c1-21(2)19-13(14-9-10-17(22)16(12-23)20(14)21)6-5-7-15(19)18-8-3-4-11-24-18/h3-11H,1-2H3. The van der Waals surface area contributed by atoms with E-state index < -0.39 is 11.2 Å². The summed E-state index contributed by atoms with van der Waals surface area (Å²) in [6.45, 7) is 4.09. The Morgan fingerprint density at radius 3 is 2.38 bits per heavy atom. The van der Waals surface area contributed by atoms with Crippen LogP contribution in [0.5, 0.6) is 0 Å². The van der Waals surface area contributed by atoms with Crippen LogP contribution in [0.15, 0.2) is 54.7 Å². The minimum absolute atomic E-state index is 0.140. The van der Waals surface area contributed by atoms with Crippen LogP contribution >= 0.6 is 0 Å². The first kappa shape index (κ1) is 14.6. The topological polar surface area (TPSA) is 36.7 Å². The summed E-state index contributed by atoms with van der Waals surface area (Å²) in [6, 6.07) is 17.1. The molecule has 0 unspecified atom stereocenters. The van der Waals surface area contributed by atoms with E-state index in [-0.39, 0.29) is 5.56 Å². The zero-order valence-corrected chi connectivity index (χ0v) is 13.5. The normalized spacial score (nSPS) is 13.9. The molecule has 1 aromatic heterocycles. The Balaban J connectivity index is 2.09. The van der Waals surface area contributed by atoms with Crippen LogP contribution in [0.4, 0.5) is 4.39 Å². The molecule has 4 rings (SSSR count). The van der Waals surface area contributed by atoms with Crippen molar-refractivity contribution in [2.24, 2.45) is 0 Å². The fraction of sp³-hybridized carbons (Fsp3) is 0.143. The van der Waals surface area contributed by atoms with Crippen LogP contribution in [0, 0.1) is 17.1 Å². The maximum absolute atomic E-state index is 14.2. The minimum Gasteiger partial charge on any atom is -0.256 e. The summed E-state index contributed by atoms with van der Waals surface area (Å²) in [6.07, 6.45) is 1.77. The van der Waals surface area contributed by atoms with Crippen molar-refractivity contribution in [3.05, 3.63) is 77.2 Å². The van der Waals surface area contributed by atoms with E-state index in [2.05, 4.69) is 11.1 Å². The van der Waals surface area contributed by atoms with Gasteiger partial charge in [-0.3, -0.25) is 4.98 Å². The molecule has 0 spiro atoms. The van der Waals surface area contributed by atoms with E-state index in [1.54, 1.807) is 12.3 Å². The number of hydrogen-bond acceptors (Lipinski definition) is 2. The molecule has 0 N–H and O–H groups in total. The molecular weight excluding hydrogens is 299 g/mol. The molecule has 0 amide bonds. The number of aromatic nitrogens is 1. The Labute approximate surface area is 140 Å². The summed E-state index contributed by atoms with van der Waals surface area (Å²) >= 11 is 0. The van der Waals surface area contributed by atoms with Gasteiger partial charge in [-0.25, -0.2) is 4.39 Å². The van der Waals surface area contributed by atoms with Gasteiger partial charge in [0.1, 0.15) is 11.9 Å². The number of fused-ring (bicyclic) bond motifs is 3. The molecule has 0 saturated carbocycles. The molecule has 1 aliphatic carbocycles. The van der Waals surface area contributed by atoms with Gasteiger partial charge in [0, 0.05) is 17.2 Å². The van der Waals surface area contributed by atoms with Gasteiger partial charge in [0.2, 0.25) is 0 Å². The van der Waals surface area contributed by atoms with Crippen molar-refractivity contribution in [3.8, 4) is 28.5 Å². The molecule has 0 radical (unpaired) electrons. The average molecular weight is 314 g/mol. The summed E-state index contributed by atoms with van der Waals surface area (Å²) in [4.78, 5) is 4.48. The lowest BCUT2D eigenvalue weighted by molar-refractivity contribution is 0.604. The van der Waals surface area contributed by atoms with E-state index in [0.29, 0.717) is 0 Å². The number of hydrogen-bond donors (Lipinski definition) is 0. The highest BCUT2D eigenvalue weighted by molar-refractivity contribution is 5.88. The highest BCUT2D eigenvalue weighted by Gasteiger charge is 2.40. The predicted molar refractivity (Wildman–Crippen MR) is 91.9 cm³/mol. The summed E-state index contributed by atoms with van der Waals surface area (Å²) in [5.41, 5.74) is 5.43. The number of rotatable bonds is 1. The molecule has 0 fully saturated rings. The second kappa shape index (κ2) is 5.01. The van der Waals surface area contributed by atoms with Crippen molar-refractivity contribution >= 4 is 0 Å². The van der Waals surface area contributed by atoms with Crippen LogP contribution in [0.3, 0.4) is 0 Å². The Morgan fingerprint density at radius 1 is 0.917 bits per heavy atom. The average Bonchev–Trinajstić information content (AvgIpc) is 2.84. The van der Waals surface area contributed by atoms with Gasteiger partial charge >= 0.3 is 0 Å². The van der Waals surface area contributed by atoms with Crippen molar-refractivity contribution in [2.75, 3.05) is 0 Å². The van der Waals surface area contributed by atoms with Crippen LogP contribution < -0.4 is 0 Å². The molecule has 2 nitrogen and oxygen atoms in total. The molecular formula is C21H15FN2. The van der Waals surface area contributed by atoms with Gasteiger partial charge in [-0.15, -0.1) is 0 Å². The van der Waals surface area contributed by atoms with E-state index in [1.165, 1.54) is 6.07 Å². The summed E-state index contributed by atoms with van der Waals surface area (Å²) in [7, 11) is 0. The molecule has 1 aliphatic rings. The van der Waals surface area contributed by atoms with Gasteiger partial charge in [0.15, 0.2) is 0 Å². The van der Waals surface area contributed by atoms with Crippen molar-refractivity contribution in [1.29, 1.82) is 5.26 Å². The molecule has 2 aromatic carbocycles. The Kier molecular flexibility index (Phi) is 3.04. The SMILES string of the molecule is CC1(C)c2c(-c3ccccn3)cccc2-c2ccc(F)c(C#N)c21. The largest absolute Gasteiger partial charge is 0.256 e. The van der Waals surface area contributed by atoms with Gasteiger partial charge in [0.25, 0.3) is 0 Å². The van der Waals surface area contributed by atoms with Crippen LogP contribution in [0.25, 0.3) is 22.4 Å².